The van der Waals surface area contributed by atoms with Gasteiger partial charge in [0.1, 0.15) is 5.84 Å². The SMILES string of the molecule is NC(CCCCNC(=O)C1CCC(C(F)(F)F)CC1)=NO. The fourth-order valence-corrected chi connectivity index (χ4v) is 2.52. The van der Waals surface area contributed by atoms with E-state index >= 15 is 0 Å². The van der Waals surface area contributed by atoms with Crippen LogP contribution in [0, 0.1) is 11.8 Å². The van der Waals surface area contributed by atoms with Crippen LogP contribution in [0.1, 0.15) is 44.9 Å². The van der Waals surface area contributed by atoms with E-state index in [1.54, 1.807) is 0 Å². The van der Waals surface area contributed by atoms with E-state index in [1.807, 2.05) is 0 Å². The standard InChI is InChI=1S/C13H22F3N3O2/c14-13(15,16)10-6-4-9(5-7-10)12(20)18-8-2-1-3-11(17)19-21/h9-10,21H,1-8H2,(H2,17,19)(H,18,20). The number of amidine groups is 1. The second-order valence-electron chi connectivity index (χ2n) is 5.43. The van der Waals surface area contributed by atoms with Crippen LogP contribution in [0.25, 0.3) is 0 Å². The number of unbranched alkanes of at least 4 members (excludes halogenated alkanes) is 1. The van der Waals surface area contributed by atoms with Crippen LogP contribution in [0.3, 0.4) is 0 Å². The van der Waals surface area contributed by atoms with Crippen LogP contribution in [-0.2, 0) is 4.79 Å². The number of rotatable bonds is 6. The molecule has 21 heavy (non-hydrogen) atoms. The lowest BCUT2D eigenvalue weighted by Gasteiger charge is -2.29. The minimum absolute atomic E-state index is 0.0328. The Hall–Kier alpha value is -1.47. The molecule has 1 amide bonds. The molecular weight excluding hydrogens is 287 g/mol. The van der Waals surface area contributed by atoms with E-state index in [0.29, 0.717) is 38.6 Å². The van der Waals surface area contributed by atoms with Crippen LogP contribution in [-0.4, -0.2) is 29.7 Å². The van der Waals surface area contributed by atoms with E-state index in [2.05, 4.69) is 10.5 Å². The highest BCUT2D eigenvalue weighted by Gasteiger charge is 2.42. The molecule has 8 heteroatoms. The first kappa shape index (κ1) is 17.6. The molecule has 0 aliphatic heterocycles. The van der Waals surface area contributed by atoms with Gasteiger partial charge in [0.05, 0.1) is 5.92 Å². The number of carbonyl (C=O) groups excluding carboxylic acids is 1. The predicted molar refractivity (Wildman–Crippen MR) is 71.8 cm³/mol. The summed E-state index contributed by atoms with van der Waals surface area (Å²) in [6.07, 6.45) is -1.69. The van der Waals surface area contributed by atoms with Gasteiger partial charge < -0.3 is 16.3 Å². The zero-order valence-electron chi connectivity index (χ0n) is 11.8. The lowest BCUT2D eigenvalue weighted by atomic mass is 9.81. The average Bonchev–Trinajstić information content (AvgIpc) is 2.45. The number of nitrogens with zero attached hydrogens (tertiary/aromatic N) is 1. The molecule has 1 rings (SSSR count). The molecule has 5 nitrogen and oxygen atoms in total. The van der Waals surface area contributed by atoms with E-state index in [-0.39, 0.29) is 30.5 Å². The van der Waals surface area contributed by atoms with E-state index in [4.69, 9.17) is 10.9 Å². The Bertz CT molecular complexity index is 364. The summed E-state index contributed by atoms with van der Waals surface area (Å²) in [5, 5.41) is 13.9. The smallest absolute Gasteiger partial charge is 0.391 e. The highest BCUT2D eigenvalue weighted by atomic mass is 19.4. The van der Waals surface area contributed by atoms with Crippen molar-refractivity contribution in [3.63, 3.8) is 0 Å². The third kappa shape index (κ3) is 6.22. The summed E-state index contributed by atoms with van der Waals surface area (Å²) in [5.74, 6) is -1.60. The Kier molecular flexibility index (Phi) is 6.77. The van der Waals surface area contributed by atoms with Crippen molar-refractivity contribution < 1.29 is 23.2 Å². The van der Waals surface area contributed by atoms with E-state index in [1.165, 1.54) is 0 Å². The molecule has 0 saturated heterocycles. The zero-order valence-corrected chi connectivity index (χ0v) is 11.8. The average molecular weight is 309 g/mol. The van der Waals surface area contributed by atoms with Gasteiger partial charge in [-0.05, 0) is 38.5 Å². The van der Waals surface area contributed by atoms with Gasteiger partial charge >= 0.3 is 6.18 Å². The van der Waals surface area contributed by atoms with Crippen molar-refractivity contribution in [3.8, 4) is 0 Å². The molecule has 1 saturated carbocycles. The molecular formula is C13H22F3N3O2. The Morgan fingerprint density at radius 1 is 1.24 bits per heavy atom. The Morgan fingerprint density at radius 3 is 2.38 bits per heavy atom. The normalized spacial score (nSPS) is 23.9. The minimum atomic E-state index is -4.14. The second kappa shape index (κ2) is 8.09. The lowest BCUT2D eigenvalue weighted by Crippen LogP contribution is -2.36. The number of carbonyl (C=O) groups is 1. The first-order valence-corrected chi connectivity index (χ1v) is 7.15. The summed E-state index contributed by atoms with van der Waals surface area (Å²) < 4.78 is 37.5. The molecule has 0 aromatic heterocycles. The van der Waals surface area contributed by atoms with Crippen molar-refractivity contribution in [1.29, 1.82) is 0 Å². The maximum atomic E-state index is 12.5. The highest BCUT2D eigenvalue weighted by molar-refractivity contribution is 5.79. The molecule has 1 aliphatic carbocycles. The molecule has 122 valence electrons. The zero-order chi connectivity index (χ0) is 15.9. The van der Waals surface area contributed by atoms with Crippen LogP contribution in [0.15, 0.2) is 5.16 Å². The molecule has 0 aromatic carbocycles. The van der Waals surface area contributed by atoms with Crippen LogP contribution in [0.5, 0.6) is 0 Å². The molecule has 1 aliphatic rings. The van der Waals surface area contributed by atoms with E-state index in [9.17, 15) is 18.0 Å². The third-order valence-corrected chi connectivity index (χ3v) is 3.85. The number of oxime groups is 1. The molecule has 0 bridgehead atoms. The number of halogens is 3. The van der Waals surface area contributed by atoms with Crippen molar-refractivity contribution in [3.05, 3.63) is 0 Å². The minimum Gasteiger partial charge on any atom is -0.409 e. The summed E-state index contributed by atoms with van der Waals surface area (Å²) in [5.41, 5.74) is 5.30. The van der Waals surface area contributed by atoms with Gasteiger partial charge in [-0.15, -0.1) is 0 Å². The molecule has 0 heterocycles. The largest absolute Gasteiger partial charge is 0.409 e. The molecule has 1 fully saturated rings. The number of nitrogens with two attached hydrogens (primary N) is 1. The van der Waals surface area contributed by atoms with E-state index < -0.39 is 12.1 Å². The van der Waals surface area contributed by atoms with Gasteiger partial charge in [0, 0.05) is 18.9 Å². The Balaban J connectivity index is 2.17. The molecule has 0 radical (unpaired) electrons. The quantitative estimate of drug-likeness (QED) is 0.231. The van der Waals surface area contributed by atoms with Gasteiger partial charge in [0.25, 0.3) is 0 Å². The number of alkyl halides is 3. The van der Waals surface area contributed by atoms with Crippen molar-refractivity contribution >= 4 is 11.7 Å². The number of hydrogen-bond donors (Lipinski definition) is 3. The summed E-state index contributed by atoms with van der Waals surface area (Å²) in [6.45, 7) is 0.455. The van der Waals surface area contributed by atoms with Crippen molar-refractivity contribution in [2.45, 2.75) is 51.1 Å². The van der Waals surface area contributed by atoms with Gasteiger partial charge in [0.2, 0.25) is 5.91 Å². The van der Waals surface area contributed by atoms with E-state index in [0.717, 1.165) is 0 Å². The van der Waals surface area contributed by atoms with Gasteiger partial charge in [-0.3, -0.25) is 4.79 Å². The fraction of sp³-hybridized carbons (Fsp3) is 0.846. The van der Waals surface area contributed by atoms with Gasteiger partial charge in [-0.1, -0.05) is 5.16 Å². The molecule has 4 N–H and O–H groups in total. The number of hydrogen-bond acceptors (Lipinski definition) is 3. The van der Waals surface area contributed by atoms with Crippen LogP contribution < -0.4 is 11.1 Å². The second-order valence-corrected chi connectivity index (χ2v) is 5.43. The van der Waals surface area contributed by atoms with Gasteiger partial charge in [0.15, 0.2) is 0 Å². The summed E-state index contributed by atoms with van der Waals surface area (Å²) in [6, 6.07) is 0. The summed E-state index contributed by atoms with van der Waals surface area (Å²) in [4.78, 5) is 11.8. The first-order valence-electron chi connectivity index (χ1n) is 7.15. The Morgan fingerprint density at radius 2 is 1.86 bits per heavy atom. The van der Waals surface area contributed by atoms with Gasteiger partial charge in [-0.25, -0.2) is 0 Å². The third-order valence-electron chi connectivity index (χ3n) is 3.85. The predicted octanol–water partition coefficient (Wildman–Crippen LogP) is 2.39. The molecule has 0 aromatic rings. The van der Waals surface area contributed by atoms with Crippen LogP contribution in [0.2, 0.25) is 0 Å². The molecule has 0 atom stereocenters. The first-order chi connectivity index (χ1) is 9.84. The number of nitrogens with one attached hydrogen (secondary N) is 1. The van der Waals surface area contributed by atoms with Gasteiger partial charge in [-0.2, -0.15) is 13.2 Å². The van der Waals surface area contributed by atoms with Crippen molar-refractivity contribution in [2.24, 2.45) is 22.7 Å². The van der Waals surface area contributed by atoms with Crippen LogP contribution in [0.4, 0.5) is 13.2 Å². The highest BCUT2D eigenvalue weighted by Crippen LogP contribution is 2.39. The topological polar surface area (TPSA) is 87.7 Å². The fourth-order valence-electron chi connectivity index (χ4n) is 2.52. The Labute approximate surface area is 121 Å². The van der Waals surface area contributed by atoms with Crippen LogP contribution >= 0.6 is 0 Å². The van der Waals surface area contributed by atoms with Crippen molar-refractivity contribution in [2.75, 3.05) is 6.54 Å². The molecule has 0 spiro atoms. The lowest BCUT2D eigenvalue weighted by molar-refractivity contribution is -0.184. The number of amides is 1. The summed E-state index contributed by atoms with van der Waals surface area (Å²) >= 11 is 0. The van der Waals surface area contributed by atoms with Crippen molar-refractivity contribution in [1.82, 2.24) is 5.32 Å². The maximum Gasteiger partial charge on any atom is 0.391 e. The summed E-state index contributed by atoms with van der Waals surface area (Å²) in [7, 11) is 0. The monoisotopic (exact) mass is 309 g/mol. The maximum absolute atomic E-state index is 12.5. The molecule has 0 unspecified atom stereocenters.